The maximum absolute atomic E-state index is 12.2. The van der Waals surface area contributed by atoms with Crippen LogP contribution in [0, 0.1) is 11.3 Å². The summed E-state index contributed by atoms with van der Waals surface area (Å²) in [6, 6.07) is 7.39. The minimum atomic E-state index is -0.902. The molecule has 146 valence electrons. The molecule has 3 rings (SSSR count). The van der Waals surface area contributed by atoms with Gasteiger partial charge in [0.25, 0.3) is 0 Å². The number of benzene rings is 1. The fraction of sp³-hybridized carbons (Fsp3) is 0.545. The average molecular weight is 370 g/mol. The number of carboxylic acids is 1. The Morgan fingerprint density at radius 3 is 2.48 bits per heavy atom. The van der Waals surface area contributed by atoms with E-state index in [0.717, 1.165) is 17.4 Å². The zero-order valence-electron chi connectivity index (χ0n) is 16.5. The molecular weight excluding hydrogens is 340 g/mol. The predicted octanol–water partition coefficient (Wildman–Crippen LogP) is 5.29. The smallest absolute Gasteiger partial charge is 0.352 e. The summed E-state index contributed by atoms with van der Waals surface area (Å²) < 4.78 is 1.94. The molecule has 0 bridgehead atoms. The molecule has 1 aromatic carbocycles. The third-order valence-electron chi connectivity index (χ3n) is 5.26. The number of hydrogen-bond acceptors (Lipinski definition) is 2. The van der Waals surface area contributed by atoms with Gasteiger partial charge in [0.15, 0.2) is 0 Å². The van der Waals surface area contributed by atoms with Gasteiger partial charge in [-0.25, -0.2) is 4.79 Å². The van der Waals surface area contributed by atoms with Crippen LogP contribution in [0.1, 0.15) is 69.8 Å². The molecule has 0 saturated heterocycles. The van der Waals surface area contributed by atoms with Gasteiger partial charge in [0, 0.05) is 29.6 Å². The molecule has 0 aliphatic heterocycles. The van der Waals surface area contributed by atoms with E-state index >= 15 is 0 Å². The zero-order valence-corrected chi connectivity index (χ0v) is 16.5. The van der Waals surface area contributed by atoms with Gasteiger partial charge in [0.2, 0.25) is 5.91 Å². The van der Waals surface area contributed by atoms with Gasteiger partial charge in [-0.3, -0.25) is 4.79 Å². The molecular formula is C22H30N2O3. The van der Waals surface area contributed by atoms with Gasteiger partial charge >= 0.3 is 5.97 Å². The number of carbonyl (C=O) groups excluding carboxylic acids is 1. The predicted molar refractivity (Wildman–Crippen MR) is 108 cm³/mol. The lowest BCUT2D eigenvalue weighted by Crippen LogP contribution is -2.19. The Balaban J connectivity index is 1.86. The normalized spacial score (nSPS) is 15.8. The molecule has 1 saturated carbocycles. The largest absolute Gasteiger partial charge is 0.477 e. The molecule has 1 amide bonds. The van der Waals surface area contributed by atoms with Crippen molar-refractivity contribution in [1.82, 2.24) is 4.57 Å². The molecule has 5 nitrogen and oxygen atoms in total. The van der Waals surface area contributed by atoms with Crippen LogP contribution >= 0.6 is 0 Å². The van der Waals surface area contributed by atoms with Crippen LogP contribution in [0.3, 0.4) is 0 Å². The van der Waals surface area contributed by atoms with Gasteiger partial charge in [-0.1, -0.05) is 40.0 Å². The summed E-state index contributed by atoms with van der Waals surface area (Å²) in [6.07, 6.45) is 6.52. The molecule has 1 aliphatic carbocycles. The monoisotopic (exact) mass is 370 g/mol. The van der Waals surface area contributed by atoms with Crippen LogP contribution in [0.5, 0.6) is 0 Å². The average Bonchev–Trinajstić information content (AvgIpc) is 2.92. The number of anilines is 1. The Morgan fingerprint density at radius 1 is 1.15 bits per heavy atom. The van der Waals surface area contributed by atoms with E-state index < -0.39 is 5.97 Å². The van der Waals surface area contributed by atoms with Crippen LogP contribution in [0.25, 0.3) is 10.9 Å². The first-order chi connectivity index (χ1) is 12.7. The second-order valence-corrected chi connectivity index (χ2v) is 9.01. The van der Waals surface area contributed by atoms with Crippen LogP contribution in [0.15, 0.2) is 24.3 Å². The van der Waals surface area contributed by atoms with Gasteiger partial charge in [0.1, 0.15) is 5.69 Å². The fourth-order valence-corrected chi connectivity index (χ4v) is 4.04. The summed E-state index contributed by atoms with van der Waals surface area (Å²) >= 11 is 0. The van der Waals surface area contributed by atoms with Gasteiger partial charge in [-0.2, -0.15) is 0 Å². The molecule has 0 spiro atoms. The number of rotatable bonds is 5. The molecule has 1 aromatic heterocycles. The standard InChI is InChI=1S/C22H30N2O3/c1-22(2,3)13-20(25)23-17-9-10-18-16(11-17)12-19(21(26)27)24(18)14-15-7-5-4-6-8-15/h9-12,15H,4-8,13-14H2,1-3H3,(H,23,25)(H,26,27). The van der Waals surface area contributed by atoms with Crippen LogP contribution in [-0.2, 0) is 11.3 Å². The lowest BCUT2D eigenvalue weighted by Gasteiger charge is -2.23. The summed E-state index contributed by atoms with van der Waals surface area (Å²) in [5.74, 6) is -0.388. The summed E-state index contributed by atoms with van der Waals surface area (Å²) in [7, 11) is 0. The lowest BCUT2D eigenvalue weighted by atomic mass is 9.89. The minimum absolute atomic E-state index is 0.0260. The number of amides is 1. The molecule has 0 unspecified atom stereocenters. The number of aromatic nitrogens is 1. The maximum atomic E-state index is 12.2. The maximum Gasteiger partial charge on any atom is 0.352 e. The molecule has 27 heavy (non-hydrogen) atoms. The number of aromatic carboxylic acids is 1. The van der Waals surface area contributed by atoms with Crippen LogP contribution in [-0.4, -0.2) is 21.6 Å². The molecule has 1 heterocycles. The Labute approximate surface area is 160 Å². The number of fused-ring (bicyclic) bond motifs is 1. The van der Waals surface area contributed by atoms with E-state index in [1.165, 1.54) is 32.1 Å². The van der Waals surface area contributed by atoms with Crippen molar-refractivity contribution in [2.24, 2.45) is 11.3 Å². The highest BCUT2D eigenvalue weighted by Gasteiger charge is 2.21. The van der Waals surface area contributed by atoms with E-state index in [2.05, 4.69) is 5.32 Å². The highest BCUT2D eigenvalue weighted by atomic mass is 16.4. The first kappa shape index (κ1) is 19.5. The van der Waals surface area contributed by atoms with E-state index in [9.17, 15) is 14.7 Å². The summed E-state index contributed by atoms with van der Waals surface area (Å²) in [5.41, 5.74) is 1.89. The third kappa shape index (κ3) is 4.90. The molecule has 1 aliphatic rings. The Hall–Kier alpha value is -2.30. The van der Waals surface area contributed by atoms with Crippen LogP contribution in [0.4, 0.5) is 5.69 Å². The van der Waals surface area contributed by atoms with Crippen LogP contribution in [0.2, 0.25) is 0 Å². The zero-order chi connectivity index (χ0) is 19.6. The highest BCUT2D eigenvalue weighted by Crippen LogP contribution is 2.30. The highest BCUT2D eigenvalue weighted by molar-refractivity contribution is 5.98. The van der Waals surface area contributed by atoms with Crippen LogP contribution < -0.4 is 5.32 Å². The van der Waals surface area contributed by atoms with E-state index in [-0.39, 0.29) is 11.3 Å². The summed E-state index contributed by atoms with van der Waals surface area (Å²) in [5, 5.41) is 13.4. The topological polar surface area (TPSA) is 71.3 Å². The summed E-state index contributed by atoms with van der Waals surface area (Å²) in [6.45, 7) is 6.84. The second kappa shape index (κ2) is 7.75. The number of nitrogens with zero attached hydrogens (tertiary/aromatic N) is 1. The van der Waals surface area contributed by atoms with E-state index in [1.807, 2.05) is 43.5 Å². The van der Waals surface area contributed by atoms with Crippen molar-refractivity contribution < 1.29 is 14.7 Å². The fourth-order valence-electron chi connectivity index (χ4n) is 4.04. The van der Waals surface area contributed by atoms with Gasteiger partial charge in [-0.05, 0) is 48.4 Å². The molecule has 0 atom stereocenters. The first-order valence-electron chi connectivity index (χ1n) is 9.89. The van der Waals surface area contributed by atoms with Gasteiger partial charge < -0.3 is 15.0 Å². The van der Waals surface area contributed by atoms with Gasteiger partial charge in [-0.15, -0.1) is 0 Å². The van der Waals surface area contributed by atoms with Crippen molar-refractivity contribution in [2.45, 2.75) is 65.8 Å². The van der Waals surface area contributed by atoms with Crippen molar-refractivity contribution in [3.05, 3.63) is 30.0 Å². The van der Waals surface area contributed by atoms with Crippen molar-refractivity contribution in [2.75, 3.05) is 5.32 Å². The van der Waals surface area contributed by atoms with Crippen molar-refractivity contribution in [3.8, 4) is 0 Å². The molecule has 5 heteroatoms. The second-order valence-electron chi connectivity index (χ2n) is 9.01. The molecule has 1 fully saturated rings. The number of carboxylic acid groups (broad SMARTS) is 1. The van der Waals surface area contributed by atoms with E-state index in [0.29, 0.717) is 23.7 Å². The Kier molecular flexibility index (Phi) is 5.59. The van der Waals surface area contributed by atoms with Crippen molar-refractivity contribution in [3.63, 3.8) is 0 Å². The first-order valence-corrected chi connectivity index (χ1v) is 9.89. The Bertz CT molecular complexity index is 839. The van der Waals surface area contributed by atoms with Crippen molar-refractivity contribution in [1.29, 1.82) is 0 Å². The molecule has 0 radical (unpaired) electrons. The van der Waals surface area contributed by atoms with Crippen molar-refractivity contribution >= 4 is 28.5 Å². The molecule has 2 aromatic rings. The Morgan fingerprint density at radius 2 is 1.85 bits per heavy atom. The quantitative estimate of drug-likeness (QED) is 0.751. The van der Waals surface area contributed by atoms with E-state index in [1.54, 1.807) is 6.07 Å². The SMILES string of the molecule is CC(C)(C)CC(=O)Nc1ccc2c(c1)cc(C(=O)O)n2CC1CCCCC1. The third-order valence-corrected chi connectivity index (χ3v) is 5.26. The molecule has 2 N–H and O–H groups in total. The number of nitrogens with one attached hydrogen (secondary N) is 1. The lowest BCUT2D eigenvalue weighted by molar-refractivity contribution is -0.117. The van der Waals surface area contributed by atoms with E-state index in [4.69, 9.17) is 0 Å². The summed E-state index contributed by atoms with van der Waals surface area (Å²) in [4.78, 5) is 24.0. The number of carbonyl (C=O) groups is 2. The minimum Gasteiger partial charge on any atom is -0.477 e. The van der Waals surface area contributed by atoms with Gasteiger partial charge in [0.05, 0.1) is 0 Å². The number of hydrogen-bond donors (Lipinski definition) is 2.